The van der Waals surface area contributed by atoms with Crippen molar-refractivity contribution in [3.8, 4) is 33.4 Å². The van der Waals surface area contributed by atoms with Crippen molar-refractivity contribution in [2.45, 2.75) is 0 Å². The van der Waals surface area contributed by atoms with Crippen molar-refractivity contribution < 1.29 is 0 Å². The van der Waals surface area contributed by atoms with Gasteiger partial charge in [0.05, 0.1) is 5.52 Å². The fourth-order valence-corrected chi connectivity index (χ4v) is 6.14. The van der Waals surface area contributed by atoms with Gasteiger partial charge in [-0.15, -0.1) is 0 Å². The van der Waals surface area contributed by atoms with Crippen LogP contribution in [0.15, 0.2) is 152 Å². The van der Waals surface area contributed by atoms with E-state index in [9.17, 15) is 0 Å². The Morgan fingerprint density at radius 3 is 1.40 bits per heavy atom. The molecule has 1 aromatic heterocycles. The van der Waals surface area contributed by atoms with Gasteiger partial charge in [-0.2, -0.15) is 0 Å². The van der Waals surface area contributed by atoms with E-state index >= 15 is 0 Å². The predicted octanol–water partition coefficient (Wildman–Crippen LogP) is 10.7. The van der Waals surface area contributed by atoms with E-state index in [1.807, 2.05) is 12.3 Å². The van der Waals surface area contributed by atoms with Crippen molar-refractivity contribution in [2.24, 2.45) is 0 Å². The second kappa shape index (κ2) is 9.18. The van der Waals surface area contributed by atoms with Gasteiger partial charge in [-0.3, -0.25) is 4.98 Å². The van der Waals surface area contributed by atoms with E-state index in [0.717, 1.165) is 5.52 Å². The molecule has 1 nitrogen and oxygen atoms in total. The lowest BCUT2D eigenvalue weighted by molar-refractivity contribution is 1.41. The van der Waals surface area contributed by atoms with Crippen LogP contribution in [0, 0.1) is 0 Å². The molecule has 0 radical (unpaired) electrons. The summed E-state index contributed by atoms with van der Waals surface area (Å²) in [7, 11) is 0. The second-order valence-electron chi connectivity index (χ2n) is 10.4. The monoisotopic (exact) mass is 507 g/mol. The van der Waals surface area contributed by atoms with E-state index < -0.39 is 0 Å². The molecule has 0 spiro atoms. The summed E-state index contributed by atoms with van der Waals surface area (Å²) in [4.78, 5) is 4.51. The lowest BCUT2D eigenvalue weighted by atomic mass is 9.91. The SMILES string of the molecule is c1cc(-c2ccc(-c3ccc(-c4ccc5c6ccccc6c6ccccc6c5c4)cc3)cc2)c2cccnc2c1. The minimum Gasteiger partial charge on any atom is -0.256 e. The van der Waals surface area contributed by atoms with Gasteiger partial charge in [0.2, 0.25) is 0 Å². The average Bonchev–Trinajstić information content (AvgIpc) is 3.04. The highest BCUT2D eigenvalue weighted by atomic mass is 14.6. The van der Waals surface area contributed by atoms with Gasteiger partial charge >= 0.3 is 0 Å². The van der Waals surface area contributed by atoms with Gasteiger partial charge < -0.3 is 0 Å². The highest BCUT2D eigenvalue weighted by Gasteiger charge is 2.10. The normalized spacial score (nSPS) is 11.5. The highest BCUT2D eigenvalue weighted by Crippen LogP contribution is 2.37. The van der Waals surface area contributed by atoms with Crippen LogP contribution in [0.25, 0.3) is 76.6 Å². The average molecular weight is 508 g/mol. The van der Waals surface area contributed by atoms with E-state index in [1.54, 1.807) is 0 Å². The summed E-state index contributed by atoms with van der Waals surface area (Å²) in [6.07, 6.45) is 1.85. The first-order chi connectivity index (χ1) is 19.8. The second-order valence-corrected chi connectivity index (χ2v) is 10.4. The fraction of sp³-hybridized carbons (Fsp3) is 0. The molecule has 8 rings (SSSR count). The quantitative estimate of drug-likeness (QED) is 0.217. The minimum absolute atomic E-state index is 1.02. The largest absolute Gasteiger partial charge is 0.256 e. The number of aromatic nitrogens is 1. The molecule has 40 heavy (non-hydrogen) atoms. The summed E-state index contributed by atoms with van der Waals surface area (Å²) in [6.45, 7) is 0. The minimum atomic E-state index is 1.02. The summed E-state index contributed by atoms with van der Waals surface area (Å²) in [6, 6.07) is 52.6. The van der Waals surface area contributed by atoms with Crippen LogP contribution < -0.4 is 0 Å². The van der Waals surface area contributed by atoms with Crippen LogP contribution in [0.5, 0.6) is 0 Å². The van der Waals surface area contributed by atoms with Crippen LogP contribution in [0.1, 0.15) is 0 Å². The smallest absolute Gasteiger partial charge is 0.0708 e. The van der Waals surface area contributed by atoms with Gasteiger partial charge in [0.15, 0.2) is 0 Å². The van der Waals surface area contributed by atoms with Crippen molar-refractivity contribution >= 4 is 43.2 Å². The zero-order valence-corrected chi connectivity index (χ0v) is 21.9. The number of rotatable bonds is 3. The summed E-state index contributed by atoms with van der Waals surface area (Å²) in [5, 5.41) is 9.01. The molecule has 186 valence electrons. The van der Waals surface area contributed by atoms with Crippen LogP contribution in [-0.4, -0.2) is 4.98 Å². The van der Waals surface area contributed by atoms with Gasteiger partial charge in [0.25, 0.3) is 0 Å². The first-order valence-electron chi connectivity index (χ1n) is 13.7. The summed E-state index contributed by atoms with van der Waals surface area (Å²) in [5.74, 6) is 0. The zero-order valence-electron chi connectivity index (χ0n) is 21.9. The third-order valence-corrected chi connectivity index (χ3v) is 8.14. The Morgan fingerprint density at radius 1 is 0.300 bits per heavy atom. The Bertz CT molecular complexity index is 2150. The standard InChI is InChI=1S/C39H25N/c1-2-9-34-32(7-1)33-8-3-4-10-35(33)38-25-30(22-23-36(34)38)28-16-14-26(15-17-28)27-18-20-29(21-19-27)31-11-5-13-39-37(31)12-6-24-40-39/h1-25H. The molecule has 0 fully saturated rings. The molecule has 0 amide bonds. The molecule has 0 unspecified atom stereocenters. The molecule has 0 atom stereocenters. The van der Waals surface area contributed by atoms with Crippen molar-refractivity contribution in [3.05, 3.63) is 152 Å². The van der Waals surface area contributed by atoms with E-state index in [2.05, 4.69) is 145 Å². The van der Waals surface area contributed by atoms with Crippen LogP contribution in [-0.2, 0) is 0 Å². The number of hydrogen-bond donors (Lipinski definition) is 0. The molecule has 0 saturated heterocycles. The highest BCUT2D eigenvalue weighted by molar-refractivity contribution is 6.25. The van der Waals surface area contributed by atoms with Crippen LogP contribution in [0.4, 0.5) is 0 Å². The maximum absolute atomic E-state index is 4.51. The first-order valence-corrected chi connectivity index (χ1v) is 13.7. The van der Waals surface area contributed by atoms with Crippen molar-refractivity contribution in [1.29, 1.82) is 0 Å². The van der Waals surface area contributed by atoms with Crippen molar-refractivity contribution in [1.82, 2.24) is 4.98 Å². The van der Waals surface area contributed by atoms with Crippen LogP contribution in [0.2, 0.25) is 0 Å². The Hall–Kier alpha value is -5.27. The fourth-order valence-electron chi connectivity index (χ4n) is 6.14. The topological polar surface area (TPSA) is 12.9 Å². The molecule has 0 saturated carbocycles. The number of hydrogen-bond acceptors (Lipinski definition) is 1. The van der Waals surface area contributed by atoms with Gasteiger partial charge in [-0.1, -0.05) is 127 Å². The van der Waals surface area contributed by atoms with Gasteiger partial charge in [-0.05, 0) is 83.9 Å². The molecule has 1 heterocycles. The molecule has 0 N–H and O–H groups in total. The zero-order chi connectivity index (χ0) is 26.5. The number of pyridine rings is 1. The van der Waals surface area contributed by atoms with E-state index in [-0.39, 0.29) is 0 Å². The van der Waals surface area contributed by atoms with Crippen molar-refractivity contribution in [3.63, 3.8) is 0 Å². The lowest BCUT2D eigenvalue weighted by Crippen LogP contribution is -1.86. The Balaban J connectivity index is 1.16. The molecule has 7 aromatic carbocycles. The molecular weight excluding hydrogens is 482 g/mol. The van der Waals surface area contributed by atoms with Crippen LogP contribution >= 0.6 is 0 Å². The molecule has 8 aromatic rings. The third-order valence-electron chi connectivity index (χ3n) is 8.14. The molecule has 0 aliphatic heterocycles. The molecule has 0 aliphatic carbocycles. The third kappa shape index (κ3) is 3.67. The Labute approximate surface area is 233 Å². The Morgan fingerprint density at radius 2 is 0.775 bits per heavy atom. The van der Waals surface area contributed by atoms with E-state index in [0.29, 0.717) is 0 Å². The predicted molar refractivity (Wildman–Crippen MR) is 171 cm³/mol. The maximum Gasteiger partial charge on any atom is 0.0708 e. The first kappa shape index (κ1) is 22.7. The Kier molecular flexibility index (Phi) is 5.21. The van der Waals surface area contributed by atoms with Gasteiger partial charge in [-0.25, -0.2) is 0 Å². The maximum atomic E-state index is 4.51. The van der Waals surface area contributed by atoms with Crippen molar-refractivity contribution in [2.75, 3.05) is 0 Å². The lowest BCUT2D eigenvalue weighted by Gasteiger charge is -2.12. The van der Waals surface area contributed by atoms with E-state index in [4.69, 9.17) is 0 Å². The molecule has 0 bridgehead atoms. The summed E-state index contributed by atoms with van der Waals surface area (Å²) in [5.41, 5.74) is 8.33. The number of fused-ring (bicyclic) bond motifs is 7. The number of benzene rings is 7. The van der Waals surface area contributed by atoms with Gasteiger partial charge in [0, 0.05) is 11.6 Å². The molecule has 0 aliphatic rings. The van der Waals surface area contributed by atoms with E-state index in [1.165, 1.54) is 71.1 Å². The van der Waals surface area contributed by atoms with Crippen LogP contribution in [0.3, 0.4) is 0 Å². The molecule has 1 heteroatoms. The van der Waals surface area contributed by atoms with Gasteiger partial charge in [0.1, 0.15) is 0 Å². The molecular formula is C39H25N. The summed E-state index contributed by atoms with van der Waals surface area (Å²) >= 11 is 0. The summed E-state index contributed by atoms with van der Waals surface area (Å²) < 4.78 is 0. The number of nitrogens with zero attached hydrogens (tertiary/aromatic N) is 1.